The van der Waals surface area contributed by atoms with Gasteiger partial charge in [0.25, 0.3) is 0 Å². The second kappa shape index (κ2) is 5.52. The van der Waals surface area contributed by atoms with Crippen molar-refractivity contribution in [1.29, 1.82) is 0 Å². The van der Waals surface area contributed by atoms with Gasteiger partial charge in [-0.2, -0.15) is 0 Å². The molecule has 1 fully saturated rings. The Bertz CT molecular complexity index is 367. The van der Waals surface area contributed by atoms with E-state index < -0.39 is 0 Å². The van der Waals surface area contributed by atoms with E-state index in [0.717, 1.165) is 12.3 Å². The SMILES string of the molecule is CCOc1cccc(C2CNC(C)C(C)O2)c1. The molecule has 3 unspecified atom stereocenters. The van der Waals surface area contributed by atoms with E-state index in [1.165, 1.54) is 5.56 Å². The van der Waals surface area contributed by atoms with Gasteiger partial charge >= 0.3 is 0 Å². The minimum Gasteiger partial charge on any atom is -0.494 e. The van der Waals surface area contributed by atoms with Crippen LogP contribution in [-0.2, 0) is 4.74 Å². The molecule has 1 N–H and O–H groups in total. The number of nitrogens with one attached hydrogen (secondary N) is 1. The van der Waals surface area contributed by atoms with E-state index in [1.54, 1.807) is 0 Å². The van der Waals surface area contributed by atoms with Crippen molar-refractivity contribution in [3.8, 4) is 5.75 Å². The molecule has 2 rings (SSSR count). The summed E-state index contributed by atoms with van der Waals surface area (Å²) in [7, 11) is 0. The summed E-state index contributed by atoms with van der Waals surface area (Å²) in [5.41, 5.74) is 1.18. The first-order chi connectivity index (χ1) is 8.20. The second-order valence-electron chi connectivity index (χ2n) is 4.53. The molecule has 1 heterocycles. The lowest BCUT2D eigenvalue weighted by Crippen LogP contribution is -2.46. The highest BCUT2D eigenvalue weighted by Gasteiger charge is 2.25. The largest absolute Gasteiger partial charge is 0.494 e. The van der Waals surface area contributed by atoms with Gasteiger partial charge in [0.2, 0.25) is 0 Å². The molecular formula is C14H21NO2. The highest BCUT2D eigenvalue weighted by atomic mass is 16.5. The number of benzene rings is 1. The molecule has 1 aromatic rings. The van der Waals surface area contributed by atoms with Gasteiger partial charge in [0.05, 0.1) is 18.8 Å². The average Bonchev–Trinajstić information content (AvgIpc) is 2.33. The van der Waals surface area contributed by atoms with E-state index in [4.69, 9.17) is 9.47 Å². The van der Waals surface area contributed by atoms with Gasteiger partial charge in [0, 0.05) is 12.6 Å². The van der Waals surface area contributed by atoms with E-state index in [0.29, 0.717) is 12.6 Å². The molecule has 0 bridgehead atoms. The van der Waals surface area contributed by atoms with Crippen LogP contribution >= 0.6 is 0 Å². The van der Waals surface area contributed by atoms with Gasteiger partial charge in [-0.1, -0.05) is 12.1 Å². The fraction of sp³-hybridized carbons (Fsp3) is 0.571. The van der Waals surface area contributed by atoms with Gasteiger partial charge < -0.3 is 14.8 Å². The van der Waals surface area contributed by atoms with E-state index in [-0.39, 0.29) is 12.2 Å². The standard InChI is InChI=1S/C14H21NO2/c1-4-16-13-7-5-6-12(8-13)14-9-15-10(2)11(3)17-14/h5-8,10-11,14-15H,4,9H2,1-3H3. The van der Waals surface area contributed by atoms with Crippen molar-refractivity contribution >= 4 is 0 Å². The molecule has 3 heteroatoms. The molecule has 1 saturated heterocycles. The first-order valence-electron chi connectivity index (χ1n) is 6.32. The van der Waals surface area contributed by atoms with Crippen LogP contribution in [0.3, 0.4) is 0 Å². The van der Waals surface area contributed by atoms with Crippen LogP contribution in [0.1, 0.15) is 32.4 Å². The van der Waals surface area contributed by atoms with Gasteiger partial charge in [-0.3, -0.25) is 0 Å². The lowest BCUT2D eigenvalue weighted by atomic mass is 10.0. The summed E-state index contributed by atoms with van der Waals surface area (Å²) in [5.74, 6) is 0.917. The maximum absolute atomic E-state index is 6.00. The Morgan fingerprint density at radius 2 is 2.24 bits per heavy atom. The van der Waals surface area contributed by atoms with Gasteiger partial charge in [0.1, 0.15) is 5.75 Å². The first-order valence-corrected chi connectivity index (χ1v) is 6.32. The highest BCUT2D eigenvalue weighted by Crippen LogP contribution is 2.26. The molecule has 0 amide bonds. The van der Waals surface area contributed by atoms with Gasteiger partial charge in [-0.15, -0.1) is 0 Å². The third-order valence-corrected chi connectivity index (χ3v) is 3.25. The zero-order valence-corrected chi connectivity index (χ0v) is 10.8. The van der Waals surface area contributed by atoms with Crippen LogP contribution in [0.4, 0.5) is 0 Å². The molecule has 3 nitrogen and oxygen atoms in total. The van der Waals surface area contributed by atoms with Crippen molar-refractivity contribution in [3.63, 3.8) is 0 Å². The Balaban J connectivity index is 2.09. The third kappa shape index (κ3) is 2.99. The van der Waals surface area contributed by atoms with Crippen LogP contribution in [0, 0.1) is 0 Å². The lowest BCUT2D eigenvalue weighted by molar-refractivity contribution is -0.0509. The quantitative estimate of drug-likeness (QED) is 0.873. The van der Waals surface area contributed by atoms with Crippen LogP contribution in [0.5, 0.6) is 5.75 Å². The molecule has 0 spiro atoms. The van der Waals surface area contributed by atoms with Crippen molar-refractivity contribution in [3.05, 3.63) is 29.8 Å². The van der Waals surface area contributed by atoms with Crippen LogP contribution in [0.2, 0.25) is 0 Å². The topological polar surface area (TPSA) is 30.5 Å². The summed E-state index contributed by atoms with van der Waals surface area (Å²) in [5, 5.41) is 3.47. The van der Waals surface area contributed by atoms with Crippen LogP contribution in [0.25, 0.3) is 0 Å². The zero-order chi connectivity index (χ0) is 12.3. The van der Waals surface area contributed by atoms with Gasteiger partial charge in [0.15, 0.2) is 0 Å². The number of hydrogen-bond donors (Lipinski definition) is 1. The maximum Gasteiger partial charge on any atom is 0.119 e. The minimum atomic E-state index is 0.126. The second-order valence-corrected chi connectivity index (χ2v) is 4.53. The Labute approximate surface area is 103 Å². The van der Waals surface area contributed by atoms with E-state index in [2.05, 4.69) is 31.3 Å². The van der Waals surface area contributed by atoms with Crippen molar-refractivity contribution in [1.82, 2.24) is 5.32 Å². The van der Waals surface area contributed by atoms with Gasteiger partial charge in [-0.05, 0) is 38.5 Å². The first kappa shape index (κ1) is 12.4. The smallest absolute Gasteiger partial charge is 0.119 e. The molecule has 0 aliphatic carbocycles. The Morgan fingerprint density at radius 1 is 1.41 bits per heavy atom. The van der Waals surface area contributed by atoms with Crippen LogP contribution < -0.4 is 10.1 Å². The van der Waals surface area contributed by atoms with Crippen molar-refractivity contribution in [2.45, 2.75) is 39.0 Å². The Kier molecular flexibility index (Phi) is 4.02. The predicted molar refractivity (Wildman–Crippen MR) is 68.4 cm³/mol. The van der Waals surface area contributed by atoms with Crippen molar-refractivity contribution in [2.24, 2.45) is 0 Å². The Morgan fingerprint density at radius 3 is 2.94 bits per heavy atom. The maximum atomic E-state index is 6.00. The molecule has 0 saturated carbocycles. The summed E-state index contributed by atoms with van der Waals surface area (Å²) in [6.07, 6.45) is 0.367. The average molecular weight is 235 g/mol. The summed E-state index contributed by atoms with van der Waals surface area (Å²) >= 11 is 0. The monoisotopic (exact) mass is 235 g/mol. The molecule has 3 atom stereocenters. The normalized spacial score (nSPS) is 29.0. The molecule has 94 valence electrons. The van der Waals surface area contributed by atoms with Crippen molar-refractivity contribution < 1.29 is 9.47 Å². The third-order valence-electron chi connectivity index (χ3n) is 3.25. The molecule has 1 aromatic carbocycles. The van der Waals surface area contributed by atoms with E-state index >= 15 is 0 Å². The van der Waals surface area contributed by atoms with Crippen LogP contribution in [0.15, 0.2) is 24.3 Å². The predicted octanol–water partition coefficient (Wildman–Crippen LogP) is 2.52. The molecule has 0 aromatic heterocycles. The van der Waals surface area contributed by atoms with E-state index in [1.807, 2.05) is 19.1 Å². The van der Waals surface area contributed by atoms with E-state index in [9.17, 15) is 0 Å². The number of hydrogen-bond acceptors (Lipinski definition) is 3. The summed E-state index contributed by atoms with van der Waals surface area (Å²) in [4.78, 5) is 0. The minimum absolute atomic E-state index is 0.126. The van der Waals surface area contributed by atoms with Gasteiger partial charge in [-0.25, -0.2) is 0 Å². The van der Waals surface area contributed by atoms with Crippen LogP contribution in [-0.4, -0.2) is 25.3 Å². The number of rotatable bonds is 3. The fourth-order valence-electron chi connectivity index (χ4n) is 2.05. The number of ether oxygens (including phenoxy) is 2. The lowest BCUT2D eigenvalue weighted by Gasteiger charge is -2.34. The van der Waals surface area contributed by atoms with Crippen molar-refractivity contribution in [2.75, 3.05) is 13.2 Å². The molecule has 17 heavy (non-hydrogen) atoms. The zero-order valence-electron chi connectivity index (χ0n) is 10.8. The summed E-state index contributed by atoms with van der Waals surface area (Å²) in [6.45, 7) is 7.81. The summed E-state index contributed by atoms with van der Waals surface area (Å²) in [6, 6.07) is 8.58. The molecule has 0 radical (unpaired) electrons. The Hall–Kier alpha value is -1.06. The number of morpholine rings is 1. The summed E-state index contributed by atoms with van der Waals surface area (Å²) < 4.78 is 11.5. The molecule has 1 aliphatic rings. The fourth-order valence-corrected chi connectivity index (χ4v) is 2.05. The molecular weight excluding hydrogens is 214 g/mol. The molecule has 1 aliphatic heterocycles. The highest BCUT2D eigenvalue weighted by molar-refractivity contribution is 5.30.